The molecule has 6 heteroatoms. The van der Waals surface area contributed by atoms with Crippen molar-refractivity contribution in [1.29, 1.82) is 0 Å². The van der Waals surface area contributed by atoms with Gasteiger partial charge in [0, 0.05) is 18.3 Å². The van der Waals surface area contributed by atoms with Crippen LogP contribution in [0.3, 0.4) is 0 Å². The van der Waals surface area contributed by atoms with Crippen molar-refractivity contribution in [1.82, 2.24) is 5.32 Å². The van der Waals surface area contributed by atoms with Crippen molar-refractivity contribution in [2.75, 3.05) is 17.2 Å². The van der Waals surface area contributed by atoms with Gasteiger partial charge in [-0.1, -0.05) is 6.07 Å². The highest BCUT2D eigenvalue weighted by Crippen LogP contribution is 2.14. The molecule has 0 radical (unpaired) electrons. The van der Waals surface area contributed by atoms with E-state index >= 15 is 0 Å². The van der Waals surface area contributed by atoms with E-state index in [-0.39, 0.29) is 18.6 Å². The first-order valence-corrected chi connectivity index (χ1v) is 5.57. The summed E-state index contributed by atoms with van der Waals surface area (Å²) in [6.45, 7) is 2.97. The quantitative estimate of drug-likeness (QED) is 0.647. The lowest BCUT2D eigenvalue weighted by Gasteiger charge is -2.12. The fourth-order valence-corrected chi connectivity index (χ4v) is 1.31. The first kappa shape index (κ1) is 14.0. The molecule has 3 amide bonds. The van der Waals surface area contributed by atoms with Gasteiger partial charge in [0.1, 0.15) is 0 Å². The van der Waals surface area contributed by atoms with E-state index < -0.39 is 6.03 Å². The predicted octanol–water partition coefficient (Wildman–Crippen LogP) is 1.15. The number of carbonyl (C=O) groups is 2. The van der Waals surface area contributed by atoms with Crippen molar-refractivity contribution in [2.45, 2.75) is 19.9 Å². The maximum atomic E-state index is 11.5. The number of hydrogen-bond donors (Lipinski definition) is 4. The van der Waals surface area contributed by atoms with Gasteiger partial charge in [0.2, 0.25) is 5.91 Å². The standard InChI is InChI=1S/C12H17N3O3/c1-8(7-16)13-12(18)15-11-5-3-4-10(6-11)14-9(2)17/h3-6,8,16H,7H2,1-2H3,(H,14,17)(H2,13,15,18). The lowest BCUT2D eigenvalue weighted by Crippen LogP contribution is -2.38. The summed E-state index contributed by atoms with van der Waals surface area (Å²) < 4.78 is 0. The highest BCUT2D eigenvalue weighted by atomic mass is 16.3. The van der Waals surface area contributed by atoms with Crippen molar-refractivity contribution in [3.05, 3.63) is 24.3 Å². The molecular formula is C12H17N3O3. The van der Waals surface area contributed by atoms with Crippen LogP contribution in [0.4, 0.5) is 16.2 Å². The van der Waals surface area contributed by atoms with E-state index in [1.54, 1.807) is 31.2 Å². The minimum atomic E-state index is -0.406. The first-order valence-electron chi connectivity index (χ1n) is 5.57. The van der Waals surface area contributed by atoms with Crippen LogP contribution in [-0.4, -0.2) is 29.7 Å². The van der Waals surface area contributed by atoms with Crippen molar-refractivity contribution in [3.63, 3.8) is 0 Å². The van der Waals surface area contributed by atoms with Crippen LogP contribution in [0.25, 0.3) is 0 Å². The third-order valence-corrected chi connectivity index (χ3v) is 2.09. The van der Waals surface area contributed by atoms with Crippen molar-refractivity contribution in [3.8, 4) is 0 Å². The maximum Gasteiger partial charge on any atom is 0.319 e. The van der Waals surface area contributed by atoms with Crippen molar-refractivity contribution >= 4 is 23.3 Å². The molecular weight excluding hydrogens is 234 g/mol. The summed E-state index contributed by atoms with van der Waals surface area (Å²) in [4.78, 5) is 22.4. The highest BCUT2D eigenvalue weighted by molar-refractivity contribution is 5.92. The Balaban J connectivity index is 2.61. The summed E-state index contributed by atoms with van der Waals surface area (Å²) in [7, 11) is 0. The molecule has 0 heterocycles. The zero-order valence-electron chi connectivity index (χ0n) is 10.4. The molecule has 0 aromatic heterocycles. The van der Waals surface area contributed by atoms with Crippen LogP contribution in [0.2, 0.25) is 0 Å². The summed E-state index contributed by atoms with van der Waals surface area (Å²) in [5.74, 6) is -0.175. The van der Waals surface area contributed by atoms with E-state index in [0.29, 0.717) is 11.4 Å². The fourth-order valence-electron chi connectivity index (χ4n) is 1.31. The number of hydrogen-bond acceptors (Lipinski definition) is 3. The number of amides is 3. The third kappa shape index (κ3) is 4.84. The molecule has 0 aliphatic rings. The molecule has 0 aliphatic heterocycles. The Kier molecular flexibility index (Phi) is 5.13. The minimum absolute atomic E-state index is 0.126. The number of carbonyl (C=O) groups excluding carboxylic acids is 2. The van der Waals surface area contributed by atoms with Gasteiger partial charge in [-0.05, 0) is 25.1 Å². The smallest absolute Gasteiger partial charge is 0.319 e. The Morgan fingerprint density at radius 2 is 1.89 bits per heavy atom. The number of benzene rings is 1. The summed E-state index contributed by atoms with van der Waals surface area (Å²) in [6.07, 6.45) is 0. The molecule has 18 heavy (non-hydrogen) atoms. The summed E-state index contributed by atoms with van der Waals surface area (Å²) in [5.41, 5.74) is 1.17. The summed E-state index contributed by atoms with van der Waals surface area (Å²) in [5, 5.41) is 16.6. The molecule has 0 bridgehead atoms. The number of aliphatic hydroxyl groups excluding tert-OH is 1. The number of aliphatic hydroxyl groups is 1. The molecule has 4 N–H and O–H groups in total. The van der Waals surface area contributed by atoms with Crippen LogP contribution >= 0.6 is 0 Å². The van der Waals surface area contributed by atoms with Gasteiger partial charge in [-0.3, -0.25) is 4.79 Å². The molecule has 1 rings (SSSR count). The van der Waals surface area contributed by atoms with E-state index in [4.69, 9.17) is 5.11 Å². The fraction of sp³-hybridized carbons (Fsp3) is 0.333. The molecule has 0 fully saturated rings. The SMILES string of the molecule is CC(=O)Nc1cccc(NC(=O)NC(C)CO)c1. The van der Waals surface area contributed by atoms with Crippen LogP contribution in [0.5, 0.6) is 0 Å². The van der Waals surface area contributed by atoms with E-state index in [0.717, 1.165) is 0 Å². The molecule has 0 spiro atoms. The average molecular weight is 251 g/mol. The maximum absolute atomic E-state index is 11.5. The Morgan fingerprint density at radius 3 is 2.44 bits per heavy atom. The minimum Gasteiger partial charge on any atom is -0.394 e. The molecule has 0 saturated carbocycles. The van der Waals surface area contributed by atoms with Gasteiger partial charge in [0.05, 0.1) is 12.6 Å². The first-order chi connectivity index (χ1) is 8.51. The molecule has 1 aromatic rings. The zero-order valence-corrected chi connectivity index (χ0v) is 10.4. The van der Waals surface area contributed by atoms with Gasteiger partial charge in [-0.2, -0.15) is 0 Å². The Bertz CT molecular complexity index is 434. The Labute approximate surface area is 105 Å². The van der Waals surface area contributed by atoms with E-state index in [9.17, 15) is 9.59 Å². The highest BCUT2D eigenvalue weighted by Gasteiger charge is 2.06. The monoisotopic (exact) mass is 251 g/mol. The second kappa shape index (κ2) is 6.61. The second-order valence-corrected chi connectivity index (χ2v) is 3.94. The predicted molar refractivity (Wildman–Crippen MR) is 69.4 cm³/mol. The lowest BCUT2D eigenvalue weighted by molar-refractivity contribution is -0.114. The van der Waals surface area contributed by atoms with Gasteiger partial charge in [-0.25, -0.2) is 4.79 Å². The number of urea groups is 1. The number of nitrogens with one attached hydrogen (secondary N) is 3. The van der Waals surface area contributed by atoms with Gasteiger partial charge in [0.25, 0.3) is 0 Å². The van der Waals surface area contributed by atoms with Gasteiger partial charge < -0.3 is 21.1 Å². The molecule has 1 atom stereocenters. The van der Waals surface area contributed by atoms with Crippen molar-refractivity contribution < 1.29 is 14.7 Å². The van der Waals surface area contributed by atoms with E-state index in [1.165, 1.54) is 6.92 Å². The van der Waals surface area contributed by atoms with Crippen LogP contribution in [0.15, 0.2) is 24.3 Å². The summed E-state index contributed by atoms with van der Waals surface area (Å²) in [6, 6.07) is 6.07. The Morgan fingerprint density at radius 1 is 1.28 bits per heavy atom. The van der Waals surface area contributed by atoms with Gasteiger partial charge in [-0.15, -0.1) is 0 Å². The van der Waals surface area contributed by atoms with Crippen LogP contribution in [0.1, 0.15) is 13.8 Å². The molecule has 1 aromatic carbocycles. The van der Waals surface area contributed by atoms with E-state index in [1.807, 2.05) is 0 Å². The van der Waals surface area contributed by atoms with Crippen LogP contribution in [0, 0.1) is 0 Å². The van der Waals surface area contributed by atoms with Gasteiger partial charge in [0.15, 0.2) is 0 Å². The molecule has 0 saturated heterocycles. The second-order valence-electron chi connectivity index (χ2n) is 3.94. The normalized spacial score (nSPS) is 11.5. The van der Waals surface area contributed by atoms with Crippen LogP contribution in [-0.2, 0) is 4.79 Å². The largest absolute Gasteiger partial charge is 0.394 e. The third-order valence-electron chi connectivity index (χ3n) is 2.09. The van der Waals surface area contributed by atoms with Gasteiger partial charge >= 0.3 is 6.03 Å². The number of rotatable bonds is 4. The Hall–Kier alpha value is -2.08. The molecule has 1 unspecified atom stereocenters. The average Bonchev–Trinajstić information content (AvgIpc) is 2.28. The topological polar surface area (TPSA) is 90.5 Å². The number of anilines is 2. The molecule has 0 aliphatic carbocycles. The molecule has 98 valence electrons. The molecule has 6 nitrogen and oxygen atoms in total. The van der Waals surface area contributed by atoms with E-state index in [2.05, 4.69) is 16.0 Å². The van der Waals surface area contributed by atoms with Crippen LogP contribution < -0.4 is 16.0 Å². The zero-order chi connectivity index (χ0) is 13.5. The summed E-state index contributed by atoms with van der Waals surface area (Å²) >= 11 is 0. The lowest BCUT2D eigenvalue weighted by atomic mass is 10.2. The van der Waals surface area contributed by atoms with Crippen molar-refractivity contribution in [2.24, 2.45) is 0 Å².